The van der Waals surface area contributed by atoms with Crippen molar-refractivity contribution < 1.29 is 19.4 Å². The van der Waals surface area contributed by atoms with Gasteiger partial charge in [0.05, 0.1) is 0 Å². The van der Waals surface area contributed by atoms with E-state index in [4.69, 9.17) is 4.74 Å². The Labute approximate surface area is 105 Å². The molecule has 0 bridgehead atoms. The van der Waals surface area contributed by atoms with Crippen molar-refractivity contribution in [3.8, 4) is 5.75 Å². The monoisotopic (exact) mass is 249 g/mol. The van der Waals surface area contributed by atoms with Gasteiger partial charge in [-0.15, -0.1) is 0 Å². The summed E-state index contributed by atoms with van der Waals surface area (Å²) < 4.78 is 5.09. The maximum absolute atomic E-state index is 11.7. The van der Waals surface area contributed by atoms with E-state index in [1.54, 1.807) is 13.0 Å². The van der Waals surface area contributed by atoms with Crippen LogP contribution in [0.5, 0.6) is 5.75 Å². The number of nitrogens with one attached hydrogen (secondary N) is 1. The summed E-state index contributed by atoms with van der Waals surface area (Å²) in [4.78, 5) is 22.7. The first-order chi connectivity index (χ1) is 8.49. The van der Waals surface area contributed by atoms with E-state index in [2.05, 4.69) is 5.32 Å². The molecule has 96 valence electrons. The second-order valence-electron chi connectivity index (χ2n) is 4.43. The van der Waals surface area contributed by atoms with Crippen LogP contribution < -0.4 is 5.32 Å². The minimum absolute atomic E-state index is 0.0755. The largest absolute Gasteiger partial charge is 0.507 e. The van der Waals surface area contributed by atoms with Crippen molar-refractivity contribution in [1.29, 1.82) is 0 Å². The van der Waals surface area contributed by atoms with Crippen LogP contribution in [-0.4, -0.2) is 23.1 Å². The zero-order valence-corrected chi connectivity index (χ0v) is 10.3. The Morgan fingerprint density at radius 3 is 2.94 bits per heavy atom. The van der Waals surface area contributed by atoms with Gasteiger partial charge in [-0.1, -0.05) is 6.07 Å². The minimum Gasteiger partial charge on any atom is -0.507 e. The second-order valence-corrected chi connectivity index (χ2v) is 4.43. The van der Waals surface area contributed by atoms with Gasteiger partial charge in [0.1, 0.15) is 17.4 Å². The molecule has 2 N–H and O–H groups in total. The molecule has 0 aliphatic carbocycles. The summed E-state index contributed by atoms with van der Waals surface area (Å²) in [6.45, 7) is 3.58. The van der Waals surface area contributed by atoms with Gasteiger partial charge in [0.15, 0.2) is 0 Å². The molecule has 0 spiro atoms. The number of esters is 1. The lowest BCUT2D eigenvalue weighted by Crippen LogP contribution is -2.28. The molecule has 5 heteroatoms. The molecule has 0 fully saturated rings. The number of benzene rings is 1. The van der Waals surface area contributed by atoms with E-state index >= 15 is 0 Å². The van der Waals surface area contributed by atoms with Gasteiger partial charge in [-0.2, -0.15) is 0 Å². The summed E-state index contributed by atoms with van der Waals surface area (Å²) in [5.74, 6) is -0.720. The quantitative estimate of drug-likeness (QED) is 0.770. The Morgan fingerprint density at radius 1 is 1.56 bits per heavy atom. The Hall–Kier alpha value is -2.04. The topological polar surface area (TPSA) is 75.6 Å². The van der Waals surface area contributed by atoms with E-state index in [-0.39, 0.29) is 23.3 Å². The van der Waals surface area contributed by atoms with Gasteiger partial charge in [-0.3, -0.25) is 4.79 Å². The zero-order valence-electron chi connectivity index (χ0n) is 10.3. The highest BCUT2D eigenvalue weighted by Gasteiger charge is 2.28. The predicted molar refractivity (Wildman–Crippen MR) is 64.2 cm³/mol. The van der Waals surface area contributed by atoms with Crippen molar-refractivity contribution in [2.24, 2.45) is 0 Å². The molecule has 0 radical (unpaired) electrons. The van der Waals surface area contributed by atoms with Gasteiger partial charge in [-0.05, 0) is 24.1 Å². The van der Waals surface area contributed by atoms with E-state index in [1.807, 2.05) is 0 Å². The molecule has 1 aromatic carbocycles. The average Bonchev–Trinajstić information content (AvgIpc) is 2.26. The van der Waals surface area contributed by atoms with Crippen molar-refractivity contribution in [1.82, 2.24) is 5.32 Å². The molecule has 1 heterocycles. The van der Waals surface area contributed by atoms with Crippen molar-refractivity contribution in [3.63, 3.8) is 0 Å². The number of ether oxygens (including phenoxy) is 1. The highest BCUT2D eigenvalue weighted by molar-refractivity contribution is 5.95. The summed E-state index contributed by atoms with van der Waals surface area (Å²) in [7, 11) is 0. The Kier molecular flexibility index (Phi) is 3.23. The predicted octanol–water partition coefficient (Wildman–Crippen LogP) is 1.13. The molecule has 1 aromatic rings. The van der Waals surface area contributed by atoms with Crippen LogP contribution in [0.3, 0.4) is 0 Å². The maximum Gasteiger partial charge on any atom is 0.342 e. The third kappa shape index (κ3) is 2.30. The maximum atomic E-state index is 11.7. The minimum atomic E-state index is -0.508. The standard InChI is InChI=1S/C13H15NO4/c1-7-5-10-9(6-14-8(2)15)3-4-11(16)12(10)13(17)18-7/h3-4,7,16H,5-6H2,1-2H3,(H,14,15)/t7-/m1/s1. The fourth-order valence-corrected chi connectivity index (χ4v) is 2.10. The molecule has 5 nitrogen and oxygen atoms in total. The molecule has 0 saturated heterocycles. The van der Waals surface area contributed by atoms with E-state index < -0.39 is 5.97 Å². The van der Waals surface area contributed by atoms with Gasteiger partial charge >= 0.3 is 5.97 Å². The normalized spacial score (nSPS) is 17.9. The van der Waals surface area contributed by atoms with Crippen LogP contribution in [0.15, 0.2) is 12.1 Å². The van der Waals surface area contributed by atoms with Gasteiger partial charge in [0.2, 0.25) is 5.91 Å². The lowest BCUT2D eigenvalue weighted by molar-refractivity contribution is -0.119. The number of fused-ring (bicyclic) bond motifs is 1. The molecule has 0 unspecified atom stereocenters. The first-order valence-corrected chi connectivity index (χ1v) is 5.78. The van der Waals surface area contributed by atoms with Crippen molar-refractivity contribution >= 4 is 11.9 Å². The lowest BCUT2D eigenvalue weighted by Gasteiger charge is -2.24. The third-order valence-electron chi connectivity index (χ3n) is 2.92. The summed E-state index contributed by atoms with van der Waals surface area (Å²) in [5.41, 5.74) is 1.81. The van der Waals surface area contributed by atoms with Crippen LogP contribution in [0, 0.1) is 0 Å². The summed E-state index contributed by atoms with van der Waals surface area (Å²) >= 11 is 0. The van der Waals surface area contributed by atoms with Crippen LogP contribution in [0.4, 0.5) is 0 Å². The number of amides is 1. The van der Waals surface area contributed by atoms with E-state index in [0.29, 0.717) is 13.0 Å². The first kappa shape index (κ1) is 12.4. The molecule has 0 saturated carbocycles. The number of rotatable bonds is 2. The molecule has 1 amide bonds. The molecule has 18 heavy (non-hydrogen) atoms. The van der Waals surface area contributed by atoms with Gasteiger partial charge < -0.3 is 15.2 Å². The molecule has 1 aliphatic rings. The molecule has 0 aromatic heterocycles. The Bertz CT molecular complexity index is 510. The number of hydrogen-bond acceptors (Lipinski definition) is 4. The van der Waals surface area contributed by atoms with Crippen LogP contribution in [0.25, 0.3) is 0 Å². The summed E-state index contributed by atoms with van der Waals surface area (Å²) in [5, 5.41) is 12.4. The van der Waals surface area contributed by atoms with Crippen LogP contribution in [0.2, 0.25) is 0 Å². The van der Waals surface area contributed by atoms with Crippen LogP contribution in [-0.2, 0) is 22.5 Å². The number of cyclic esters (lactones) is 1. The first-order valence-electron chi connectivity index (χ1n) is 5.78. The highest BCUT2D eigenvalue weighted by Crippen LogP contribution is 2.30. The second kappa shape index (κ2) is 4.68. The van der Waals surface area contributed by atoms with Gasteiger partial charge in [0.25, 0.3) is 0 Å². The molecule has 1 aliphatic heterocycles. The van der Waals surface area contributed by atoms with Crippen molar-refractivity contribution in [2.75, 3.05) is 0 Å². The van der Waals surface area contributed by atoms with E-state index in [9.17, 15) is 14.7 Å². The number of aromatic hydroxyl groups is 1. The molecular weight excluding hydrogens is 234 g/mol. The number of phenols is 1. The number of hydrogen-bond donors (Lipinski definition) is 2. The fraction of sp³-hybridized carbons (Fsp3) is 0.385. The smallest absolute Gasteiger partial charge is 0.342 e. The van der Waals surface area contributed by atoms with Crippen LogP contribution >= 0.6 is 0 Å². The lowest BCUT2D eigenvalue weighted by atomic mass is 9.93. The average molecular weight is 249 g/mol. The fourth-order valence-electron chi connectivity index (χ4n) is 2.10. The van der Waals surface area contributed by atoms with E-state index in [0.717, 1.165) is 11.1 Å². The van der Waals surface area contributed by atoms with Crippen molar-refractivity contribution in [3.05, 3.63) is 28.8 Å². The Balaban J connectivity index is 2.41. The third-order valence-corrected chi connectivity index (χ3v) is 2.92. The van der Waals surface area contributed by atoms with Crippen molar-refractivity contribution in [2.45, 2.75) is 32.9 Å². The number of carbonyl (C=O) groups excluding carboxylic acids is 2. The SMILES string of the molecule is CC(=O)NCc1ccc(O)c2c1C[C@@H](C)OC2=O. The number of phenolic OH excluding ortho intramolecular Hbond substituents is 1. The Morgan fingerprint density at radius 2 is 2.28 bits per heavy atom. The van der Waals surface area contributed by atoms with Crippen LogP contribution in [0.1, 0.15) is 35.3 Å². The molecule has 2 rings (SSSR count). The number of carbonyl (C=O) groups is 2. The highest BCUT2D eigenvalue weighted by atomic mass is 16.5. The zero-order chi connectivity index (χ0) is 13.3. The van der Waals surface area contributed by atoms with Gasteiger partial charge in [-0.25, -0.2) is 4.79 Å². The summed E-state index contributed by atoms with van der Waals surface area (Å²) in [6.07, 6.45) is 0.326. The molecule has 1 atom stereocenters. The summed E-state index contributed by atoms with van der Waals surface area (Å²) in [6, 6.07) is 3.17. The molecular formula is C13H15NO4. The van der Waals surface area contributed by atoms with E-state index in [1.165, 1.54) is 13.0 Å². The van der Waals surface area contributed by atoms with Gasteiger partial charge in [0, 0.05) is 19.9 Å².